The van der Waals surface area contributed by atoms with Crippen LogP contribution < -0.4 is 0 Å². The minimum absolute atomic E-state index is 0.162. The summed E-state index contributed by atoms with van der Waals surface area (Å²) in [6.07, 6.45) is 17.1. The van der Waals surface area contributed by atoms with E-state index in [-0.39, 0.29) is 11.9 Å². The lowest BCUT2D eigenvalue weighted by atomic mass is 10.1. The Morgan fingerprint density at radius 2 is 1.35 bits per heavy atom. The van der Waals surface area contributed by atoms with Gasteiger partial charge in [-0.3, -0.25) is 4.79 Å². The van der Waals surface area contributed by atoms with Crippen LogP contribution in [0.3, 0.4) is 0 Å². The van der Waals surface area contributed by atoms with Crippen LogP contribution in [0.5, 0.6) is 0 Å². The zero-order valence-electron chi connectivity index (χ0n) is 17.4. The molecule has 26 heavy (non-hydrogen) atoms. The van der Waals surface area contributed by atoms with Gasteiger partial charge >= 0.3 is 11.9 Å². The third-order valence-corrected chi connectivity index (χ3v) is 4.32. The molecule has 0 aromatic rings. The maximum atomic E-state index is 10.7. The monoisotopic (exact) mass is 370 g/mol. The standard InChI is InChI=1S/C15H28O2.C7H14O2/c1-3-5-6-7-8-9-10-11-12-13-14-17-15(16)4-2;1-3-4-5-6(2)7(8)9/h4H,2-3,5-14H2,1H3;6H,3-5H2,1-2H3,(H,8,9). The molecular weight excluding hydrogens is 328 g/mol. The summed E-state index contributed by atoms with van der Waals surface area (Å²) in [5, 5.41) is 8.41. The van der Waals surface area contributed by atoms with Crippen LogP contribution in [0.4, 0.5) is 0 Å². The molecule has 1 N–H and O–H groups in total. The summed E-state index contributed by atoms with van der Waals surface area (Å²) in [7, 11) is 0. The van der Waals surface area contributed by atoms with Crippen LogP contribution in [0.1, 0.15) is 104 Å². The molecule has 0 spiro atoms. The van der Waals surface area contributed by atoms with Crippen molar-refractivity contribution >= 4 is 11.9 Å². The minimum Gasteiger partial charge on any atom is -0.481 e. The van der Waals surface area contributed by atoms with Gasteiger partial charge in [0.15, 0.2) is 0 Å². The molecule has 4 heteroatoms. The topological polar surface area (TPSA) is 63.6 Å². The quantitative estimate of drug-likeness (QED) is 0.190. The zero-order valence-corrected chi connectivity index (χ0v) is 17.4. The number of carbonyl (C=O) groups is 2. The molecular formula is C22H42O4. The highest BCUT2D eigenvalue weighted by Crippen LogP contribution is 2.10. The summed E-state index contributed by atoms with van der Waals surface area (Å²) in [5.41, 5.74) is 0. The van der Waals surface area contributed by atoms with Crippen LogP contribution in [0.25, 0.3) is 0 Å². The third-order valence-electron chi connectivity index (χ3n) is 4.32. The van der Waals surface area contributed by atoms with Gasteiger partial charge in [-0.15, -0.1) is 0 Å². The smallest absolute Gasteiger partial charge is 0.330 e. The average molecular weight is 371 g/mol. The van der Waals surface area contributed by atoms with Crippen molar-refractivity contribution in [2.75, 3.05) is 6.61 Å². The summed E-state index contributed by atoms with van der Waals surface area (Å²) in [4.78, 5) is 20.9. The molecule has 0 aromatic carbocycles. The van der Waals surface area contributed by atoms with E-state index in [0.717, 1.165) is 25.7 Å². The van der Waals surface area contributed by atoms with Gasteiger partial charge in [-0.25, -0.2) is 4.79 Å². The van der Waals surface area contributed by atoms with E-state index in [9.17, 15) is 9.59 Å². The second-order valence-electron chi connectivity index (χ2n) is 6.94. The number of hydrogen-bond acceptors (Lipinski definition) is 3. The van der Waals surface area contributed by atoms with Crippen LogP contribution in [-0.2, 0) is 14.3 Å². The summed E-state index contributed by atoms with van der Waals surface area (Å²) in [6.45, 7) is 9.96. The summed E-state index contributed by atoms with van der Waals surface area (Å²) in [6, 6.07) is 0. The van der Waals surface area contributed by atoms with E-state index in [1.165, 1.54) is 63.9 Å². The number of hydrogen-bond donors (Lipinski definition) is 1. The molecule has 0 saturated heterocycles. The van der Waals surface area contributed by atoms with Gasteiger partial charge < -0.3 is 9.84 Å². The molecule has 0 amide bonds. The van der Waals surface area contributed by atoms with Gasteiger partial charge in [-0.1, -0.05) is 98.0 Å². The largest absolute Gasteiger partial charge is 0.481 e. The van der Waals surface area contributed by atoms with E-state index in [2.05, 4.69) is 20.4 Å². The predicted molar refractivity (Wildman–Crippen MR) is 109 cm³/mol. The van der Waals surface area contributed by atoms with Gasteiger partial charge in [0.05, 0.1) is 12.5 Å². The Morgan fingerprint density at radius 3 is 1.77 bits per heavy atom. The van der Waals surface area contributed by atoms with E-state index in [4.69, 9.17) is 9.84 Å². The maximum absolute atomic E-state index is 10.7. The molecule has 0 fully saturated rings. The SMILES string of the molecule is C=CC(=O)OCCCCCCCCCCCC.CCCCC(C)C(=O)O. The first-order valence-corrected chi connectivity index (χ1v) is 10.5. The number of aliphatic carboxylic acids is 1. The van der Waals surface area contributed by atoms with E-state index < -0.39 is 5.97 Å². The van der Waals surface area contributed by atoms with Gasteiger partial charge in [0.1, 0.15) is 0 Å². The lowest BCUT2D eigenvalue weighted by Crippen LogP contribution is -2.08. The molecule has 0 saturated carbocycles. The van der Waals surface area contributed by atoms with Crippen LogP contribution in [0.15, 0.2) is 12.7 Å². The molecule has 0 aromatic heterocycles. The van der Waals surface area contributed by atoms with Crippen molar-refractivity contribution in [1.82, 2.24) is 0 Å². The highest BCUT2D eigenvalue weighted by atomic mass is 16.5. The zero-order chi connectivity index (χ0) is 20.0. The molecule has 1 unspecified atom stereocenters. The Hall–Kier alpha value is -1.32. The molecule has 154 valence electrons. The summed E-state index contributed by atoms with van der Waals surface area (Å²) < 4.78 is 4.91. The van der Waals surface area contributed by atoms with Gasteiger partial charge in [-0.05, 0) is 12.8 Å². The second kappa shape index (κ2) is 21.7. The third kappa shape index (κ3) is 22.7. The Morgan fingerprint density at radius 1 is 0.885 bits per heavy atom. The van der Waals surface area contributed by atoms with Crippen molar-refractivity contribution < 1.29 is 19.4 Å². The first-order chi connectivity index (χ1) is 12.5. The van der Waals surface area contributed by atoms with E-state index in [1.54, 1.807) is 6.92 Å². The fraction of sp³-hybridized carbons (Fsp3) is 0.818. The molecule has 0 aliphatic heterocycles. The lowest BCUT2D eigenvalue weighted by Gasteiger charge is -2.03. The number of unbranched alkanes of at least 4 members (excludes halogenated alkanes) is 10. The normalized spacial score (nSPS) is 11.2. The van der Waals surface area contributed by atoms with Crippen molar-refractivity contribution in [1.29, 1.82) is 0 Å². The van der Waals surface area contributed by atoms with Crippen molar-refractivity contribution in [2.24, 2.45) is 5.92 Å². The number of rotatable bonds is 16. The lowest BCUT2D eigenvalue weighted by molar-refractivity contribution is -0.141. The van der Waals surface area contributed by atoms with E-state index in [0.29, 0.717) is 6.61 Å². The van der Waals surface area contributed by atoms with E-state index in [1.807, 2.05) is 0 Å². The van der Waals surface area contributed by atoms with Crippen molar-refractivity contribution in [3.05, 3.63) is 12.7 Å². The van der Waals surface area contributed by atoms with Gasteiger partial charge in [0.2, 0.25) is 0 Å². The van der Waals surface area contributed by atoms with Crippen LogP contribution >= 0.6 is 0 Å². The highest BCUT2D eigenvalue weighted by Gasteiger charge is 2.08. The Balaban J connectivity index is 0. The minimum atomic E-state index is -0.677. The average Bonchev–Trinajstić information content (AvgIpc) is 2.64. The summed E-state index contributed by atoms with van der Waals surface area (Å²) >= 11 is 0. The molecule has 0 rings (SSSR count). The fourth-order valence-corrected chi connectivity index (χ4v) is 2.45. The molecule has 1 atom stereocenters. The number of carboxylic acid groups (broad SMARTS) is 1. The van der Waals surface area contributed by atoms with Crippen LogP contribution in [-0.4, -0.2) is 23.7 Å². The molecule has 0 radical (unpaired) electrons. The highest BCUT2D eigenvalue weighted by molar-refractivity contribution is 5.81. The first-order valence-electron chi connectivity index (χ1n) is 10.5. The van der Waals surface area contributed by atoms with Crippen molar-refractivity contribution in [2.45, 2.75) is 104 Å². The van der Waals surface area contributed by atoms with Gasteiger partial charge in [0.25, 0.3) is 0 Å². The molecule has 0 bridgehead atoms. The van der Waals surface area contributed by atoms with E-state index >= 15 is 0 Å². The van der Waals surface area contributed by atoms with Crippen LogP contribution in [0.2, 0.25) is 0 Å². The molecule has 0 heterocycles. The Bertz CT molecular complexity index is 339. The molecule has 0 aliphatic rings. The molecule has 0 aliphatic carbocycles. The first kappa shape index (κ1) is 26.9. The number of esters is 1. The number of ether oxygens (including phenoxy) is 1. The van der Waals surface area contributed by atoms with Gasteiger partial charge in [-0.2, -0.15) is 0 Å². The number of carboxylic acids is 1. The van der Waals surface area contributed by atoms with Crippen LogP contribution in [0, 0.1) is 5.92 Å². The molecule has 4 nitrogen and oxygen atoms in total. The predicted octanol–water partition coefficient (Wildman–Crippen LogP) is 6.53. The fourth-order valence-electron chi connectivity index (χ4n) is 2.45. The maximum Gasteiger partial charge on any atom is 0.330 e. The second-order valence-corrected chi connectivity index (χ2v) is 6.94. The number of carbonyl (C=O) groups excluding carboxylic acids is 1. The summed E-state index contributed by atoms with van der Waals surface area (Å²) in [5.74, 6) is -1.14. The Kier molecular flexibility index (Phi) is 22.5. The van der Waals surface area contributed by atoms with Crippen molar-refractivity contribution in [3.8, 4) is 0 Å². The Labute approximate surface area is 161 Å². The van der Waals surface area contributed by atoms with Crippen molar-refractivity contribution in [3.63, 3.8) is 0 Å². The van der Waals surface area contributed by atoms with Gasteiger partial charge in [0, 0.05) is 6.08 Å².